The fraction of sp³-hybridized carbons (Fsp3) is 0.800. The van der Waals surface area contributed by atoms with Crippen LogP contribution in [0, 0.1) is 0 Å². The lowest BCUT2D eigenvalue weighted by Gasteiger charge is -2.14. The van der Waals surface area contributed by atoms with E-state index in [1.807, 2.05) is 13.8 Å². The molecule has 0 saturated carbocycles. The van der Waals surface area contributed by atoms with E-state index < -0.39 is 0 Å². The van der Waals surface area contributed by atoms with E-state index in [2.05, 4.69) is 5.32 Å². The Bertz CT molecular complexity index is 122. The third-order valence-electron chi connectivity index (χ3n) is 1.00. The molecule has 1 heterocycles. The molecule has 1 aliphatic rings. The minimum Gasteiger partial charge on any atom is -0.341 e. The monoisotopic (exact) mass is 131 g/mol. The topological polar surface area (TPSA) is 29.1 Å². The summed E-state index contributed by atoms with van der Waals surface area (Å²) in [6.45, 7) is 4.04. The molecule has 0 bridgehead atoms. The molecule has 0 spiro atoms. The van der Waals surface area contributed by atoms with Crippen molar-refractivity contribution in [1.82, 2.24) is 5.32 Å². The summed E-state index contributed by atoms with van der Waals surface area (Å²) in [6.07, 6.45) is 0. The molecule has 0 aliphatic carbocycles. The van der Waals surface area contributed by atoms with Gasteiger partial charge in [-0.25, -0.2) is 0 Å². The maximum Gasteiger partial charge on any atom is 0.279 e. The smallest absolute Gasteiger partial charge is 0.279 e. The summed E-state index contributed by atoms with van der Waals surface area (Å²) in [6, 6.07) is 0. The van der Waals surface area contributed by atoms with Crippen molar-refractivity contribution in [2.45, 2.75) is 19.4 Å². The molecule has 8 heavy (non-hydrogen) atoms. The quantitative estimate of drug-likeness (QED) is 0.535. The maximum absolute atomic E-state index is 10.5. The number of thioether (sulfide) groups is 1. The molecule has 3 heteroatoms. The van der Waals surface area contributed by atoms with Crippen LogP contribution < -0.4 is 5.32 Å². The van der Waals surface area contributed by atoms with Crippen molar-refractivity contribution in [3.05, 3.63) is 0 Å². The molecular weight excluding hydrogens is 122 g/mol. The van der Waals surface area contributed by atoms with Gasteiger partial charge in [0, 0.05) is 11.3 Å². The van der Waals surface area contributed by atoms with Gasteiger partial charge < -0.3 is 5.32 Å². The van der Waals surface area contributed by atoms with Gasteiger partial charge in [0.15, 0.2) is 0 Å². The normalized spacial score (nSPS) is 25.5. The van der Waals surface area contributed by atoms with Gasteiger partial charge in [0.1, 0.15) is 0 Å². The van der Waals surface area contributed by atoms with Crippen molar-refractivity contribution in [2.24, 2.45) is 0 Å². The summed E-state index contributed by atoms with van der Waals surface area (Å²) in [5, 5.41) is 2.92. The van der Waals surface area contributed by atoms with Crippen LogP contribution in [0.2, 0.25) is 0 Å². The Labute approximate surface area is 53.0 Å². The number of hydrogen-bond acceptors (Lipinski definition) is 2. The van der Waals surface area contributed by atoms with Gasteiger partial charge >= 0.3 is 0 Å². The highest BCUT2D eigenvalue weighted by molar-refractivity contribution is 8.14. The third-order valence-corrected chi connectivity index (χ3v) is 2.23. The Morgan fingerprint density at radius 2 is 2.38 bits per heavy atom. The predicted octanol–water partition coefficient (Wildman–Crippen LogP) is 1.22. The molecule has 0 aromatic heterocycles. The fourth-order valence-corrected chi connectivity index (χ4v) is 1.51. The molecule has 1 N–H and O–H groups in total. The molecule has 1 rings (SSSR count). The van der Waals surface area contributed by atoms with Crippen LogP contribution in [0.3, 0.4) is 0 Å². The molecule has 0 aromatic carbocycles. The van der Waals surface area contributed by atoms with E-state index in [4.69, 9.17) is 0 Å². The second-order valence-electron chi connectivity index (χ2n) is 2.59. The van der Waals surface area contributed by atoms with E-state index in [0.29, 0.717) is 0 Å². The highest BCUT2D eigenvalue weighted by Gasteiger charge is 2.28. The van der Waals surface area contributed by atoms with Crippen molar-refractivity contribution in [3.8, 4) is 0 Å². The third kappa shape index (κ3) is 1.15. The summed E-state index contributed by atoms with van der Waals surface area (Å²) < 4.78 is 0. The van der Waals surface area contributed by atoms with E-state index in [0.717, 1.165) is 5.75 Å². The van der Waals surface area contributed by atoms with E-state index in [-0.39, 0.29) is 10.8 Å². The van der Waals surface area contributed by atoms with Crippen molar-refractivity contribution in [2.75, 3.05) is 5.75 Å². The van der Waals surface area contributed by atoms with Gasteiger partial charge in [0.2, 0.25) is 0 Å². The van der Waals surface area contributed by atoms with Gasteiger partial charge in [-0.05, 0) is 13.8 Å². The average molecular weight is 131 g/mol. The van der Waals surface area contributed by atoms with Gasteiger partial charge in [-0.1, -0.05) is 11.8 Å². The van der Waals surface area contributed by atoms with Crippen molar-refractivity contribution in [3.63, 3.8) is 0 Å². The lowest BCUT2D eigenvalue weighted by Crippen LogP contribution is -2.36. The predicted molar refractivity (Wildman–Crippen MR) is 35.1 cm³/mol. The molecule has 0 radical (unpaired) electrons. The van der Waals surface area contributed by atoms with Gasteiger partial charge in [-0.15, -0.1) is 0 Å². The minimum absolute atomic E-state index is 0.0295. The molecular formula is C5H9NOS. The molecule has 2 nitrogen and oxygen atoms in total. The van der Waals surface area contributed by atoms with Gasteiger partial charge in [-0.2, -0.15) is 0 Å². The summed E-state index contributed by atoms with van der Waals surface area (Å²) in [5.41, 5.74) is 0.0295. The van der Waals surface area contributed by atoms with Gasteiger partial charge in [0.05, 0.1) is 0 Å². The second kappa shape index (κ2) is 1.65. The fourth-order valence-electron chi connectivity index (χ4n) is 0.594. The Balaban J connectivity index is 2.56. The van der Waals surface area contributed by atoms with Crippen LogP contribution in [0.5, 0.6) is 0 Å². The number of hydrogen-bond donors (Lipinski definition) is 1. The average Bonchev–Trinajstić information content (AvgIpc) is 1.82. The van der Waals surface area contributed by atoms with Gasteiger partial charge in [-0.3, -0.25) is 4.79 Å². The molecule has 0 aromatic rings. The van der Waals surface area contributed by atoms with Crippen LogP contribution in [0.4, 0.5) is 4.79 Å². The van der Waals surface area contributed by atoms with Crippen LogP contribution in [0.15, 0.2) is 0 Å². The highest BCUT2D eigenvalue weighted by Crippen LogP contribution is 2.20. The van der Waals surface area contributed by atoms with Crippen LogP contribution in [-0.2, 0) is 0 Å². The number of amides is 1. The van der Waals surface area contributed by atoms with E-state index in [9.17, 15) is 4.79 Å². The first-order valence-electron chi connectivity index (χ1n) is 2.55. The highest BCUT2D eigenvalue weighted by atomic mass is 32.2. The molecule has 0 atom stereocenters. The van der Waals surface area contributed by atoms with Crippen LogP contribution >= 0.6 is 11.8 Å². The van der Waals surface area contributed by atoms with Crippen LogP contribution in [0.1, 0.15) is 13.8 Å². The first-order valence-corrected chi connectivity index (χ1v) is 3.54. The number of carbonyl (C=O) groups is 1. The number of rotatable bonds is 0. The Morgan fingerprint density at radius 1 is 1.75 bits per heavy atom. The molecule has 46 valence electrons. The van der Waals surface area contributed by atoms with E-state index in [1.165, 1.54) is 11.8 Å². The largest absolute Gasteiger partial charge is 0.341 e. The second-order valence-corrected chi connectivity index (χ2v) is 3.53. The van der Waals surface area contributed by atoms with Crippen molar-refractivity contribution in [1.29, 1.82) is 0 Å². The summed E-state index contributed by atoms with van der Waals surface area (Å²) in [5.74, 6) is 0.895. The van der Waals surface area contributed by atoms with Crippen molar-refractivity contribution >= 4 is 17.0 Å². The lowest BCUT2D eigenvalue weighted by molar-refractivity contribution is 0.256. The maximum atomic E-state index is 10.5. The lowest BCUT2D eigenvalue weighted by atomic mass is 10.1. The first kappa shape index (κ1) is 5.95. The summed E-state index contributed by atoms with van der Waals surface area (Å²) in [7, 11) is 0. The molecule has 1 aliphatic heterocycles. The number of carbonyl (C=O) groups excluding carboxylic acids is 1. The zero-order valence-corrected chi connectivity index (χ0v) is 5.84. The molecule has 0 unspecified atom stereocenters. The zero-order chi connectivity index (χ0) is 6.20. The minimum atomic E-state index is 0.0295. The van der Waals surface area contributed by atoms with Crippen LogP contribution in [0.25, 0.3) is 0 Å². The standard InChI is InChI=1S/C5H9NOS/c1-5(2)3-8-4(7)6-5/h3H2,1-2H3,(H,6,7). The summed E-state index contributed by atoms with van der Waals surface area (Å²) in [4.78, 5) is 10.5. The first-order chi connectivity index (χ1) is 3.60. The summed E-state index contributed by atoms with van der Waals surface area (Å²) >= 11 is 1.35. The van der Waals surface area contributed by atoms with Gasteiger partial charge in [0.25, 0.3) is 5.24 Å². The Hall–Kier alpha value is -0.180. The molecule has 1 saturated heterocycles. The van der Waals surface area contributed by atoms with E-state index >= 15 is 0 Å². The van der Waals surface area contributed by atoms with E-state index in [1.54, 1.807) is 0 Å². The molecule has 1 fully saturated rings. The molecule has 1 amide bonds. The number of nitrogens with one attached hydrogen (secondary N) is 1. The SMILES string of the molecule is CC1(C)CSC(=O)N1. The van der Waals surface area contributed by atoms with Crippen LogP contribution in [-0.4, -0.2) is 16.5 Å². The Morgan fingerprint density at radius 3 is 2.50 bits per heavy atom. The Kier molecular flexibility index (Phi) is 1.23. The van der Waals surface area contributed by atoms with Crippen molar-refractivity contribution < 1.29 is 4.79 Å². The zero-order valence-electron chi connectivity index (χ0n) is 5.02.